The van der Waals surface area contributed by atoms with E-state index in [1.165, 1.54) is 19.4 Å². The van der Waals surface area contributed by atoms with Crippen LogP contribution in [0.25, 0.3) is 0 Å². The molecule has 0 aromatic heterocycles. The van der Waals surface area contributed by atoms with Crippen LogP contribution >= 0.6 is 0 Å². The predicted molar refractivity (Wildman–Crippen MR) is 117 cm³/mol. The number of anilines is 2. The third kappa shape index (κ3) is 5.72. The molecule has 0 spiro atoms. The zero-order valence-corrected chi connectivity index (χ0v) is 18.0. The van der Waals surface area contributed by atoms with Gasteiger partial charge in [-0.1, -0.05) is 18.9 Å². The summed E-state index contributed by atoms with van der Waals surface area (Å²) in [7, 11) is -3.16. The molecule has 0 radical (unpaired) electrons. The van der Waals surface area contributed by atoms with Crippen molar-refractivity contribution in [3.05, 3.63) is 24.3 Å². The van der Waals surface area contributed by atoms with E-state index in [-0.39, 0.29) is 23.3 Å². The Kier molecular flexibility index (Phi) is 6.44. The van der Waals surface area contributed by atoms with Gasteiger partial charge in [-0.25, -0.2) is 8.42 Å². The Bertz CT molecular complexity index is 808. The van der Waals surface area contributed by atoms with Crippen molar-refractivity contribution in [1.82, 2.24) is 4.90 Å². The molecule has 7 heteroatoms. The van der Waals surface area contributed by atoms with Gasteiger partial charge in [0.1, 0.15) is 0 Å². The number of nitrogens with one attached hydrogen (secondary N) is 1. The lowest BCUT2D eigenvalue weighted by molar-refractivity contribution is -0.115. The highest BCUT2D eigenvalue weighted by Gasteiger charge is 2.29. The summed E-state index contributed by atoms with van der Waals surface area (Å²) in [6, 6.07) is 7.91. The zero-order chi connectivity index (χ0) is 20.3. The van der Waals surface area contributed by atoms with E-state index in [2.05, 4.69) is 21.2 Å². The van der Waals surface area contributed by atoms with Crippen LogP contribution in [-0.4, -0.2) is 63.0 Å². The topological polar surface area (TPSA) is 69.7 Å². The number of amides is 1. The number of rotatable bonds is 8. The normalized spacial score (nSPS) is 21.4. The van der Waals surface area contributed by atoms with E-state index in [1.54, 1.807) is 0 Å². The maximum absolute atomic E-state index is 12.4. The van der Waals surface area contributed by atoms with Crippen LogP contribution in [0, 0.1) is 5.92 Å². The number of carbonyl (C=O) groups is 1. The third-order valence-corrected chi connectivity index (χ3v) is 8.76. The predicted octanol–water partition coefficient (Wildman–Crippen LogP) is 2.90. The summed E-state index contributed by atoms with van der Waals surface area (Å²) in [6.45, 7) is 5.43. The molecule has 3 aliphatic rings. The van der Waals surface area contributed by atoms with Crippen molar-refractivity contribution < 1.29 is 13.2 Å². The second-order valence-electron chi connectivity index (χ2n) is 8.85. The van der Waals surface area contributed by atoms with E-state index in [0.717, 1.165) is 69.2 Å². The third-order valence-electron chi connectivity index (χ3n) is 6.50. The molecule has 4 rings (SSSR count). The minimum absolute atomic E-state index is 0.0307. The van der Waals surface area contributed by atoms with E-state index >= 15 is 0 Å². The Morgan fingerprint density at radius 3 is 2.45 bits per heavy atom. The first-order valence-electron chi connectivity index (χ1n) is 11.1. The molecule has 1 amide bonds. The van der Waals surface area contributed by atoms with E-state index < -0.39 is 9.84 Å². The fraction of sp³-hybridized carbons (Fsp3) is 0.682. The first-order chi connectivity index (χ1) is 14.0. The van der Waals surface area contributed by atoms with Crippen molar-refractivity contribution in [2.24, 2.45) is 5.92 Å². The smallest absolute Gasteiger partial charge is 0.225 e. The maximum atomic E-state index is 12.4. The summed E-state index contributed by atoms with van der Waals surface area (Å²) in [5.41, 5.74) is 1.86. The summed E-state index contributed by atoms with van der Waals surface area (Å²) in [6.07, 6.45) is 6.28. The van der Waals surface area contributed by atoms with Crippen molar-refractivity contribution in [1.29, 1.82) is 0 Å². The molecule has 0 unspecified atom stereocenters. The summed E-state index contributed by atoms with van der Waals surface area (Å²) in [5, 5.41) is 2.65. The van der Waals surface area contributed by atoms with E-state index in [1.807, 2.05) is 18.2 Å². The van der Waals surface area contributed by atoms with Crippen molar-refractivity contribution in [3.8, 4) is 0 Å². The summed E-state index contributed by atoms with van der Waals surface area (Å²) >= 11 is 0. The Balaban J connectivity index is 1.26. The van der Waals surface area contributed by atoms with E-state index in [0.29, 0.717) is 0 Å². The van der Waals surface area contributed by atoms with Crippen molar-refractivity contribution in [2.45, 2.75) is 50.2 Å². The van der Waals surface area contributed by atoms with Crippen LogP contribution in [0.1, 0.15) is 44.9 Å². The van der Waals surface area contributed by atoms with Gasteiger partial charge in [0.2, 0.25) is 5.91 Å². The lowest BCUT2D eigenvalue weighted by atomic mass is 10.2. The number of hydrogen-bond donors (Lipinski definition) is 1. The van der Waals surface area contributed by atoms with E-state index in [4.69, 9.17) is 0 Å². The second kappa shape index (κ2) is 9.04. The number of nitrogens with zero attached hydrogens (tertiary/aromatic N) is 2. The molecular formula is C22H33N3O3S. The number of hydrogen-bond acceptors (Lipinski definition) is 5. The summed E-state index contributed by atoms with van der Waals surface area (Å²) in [5.74, 6) is 0.655. The average Bonchev–Trinajstić information content (AvgIpc) is 3.34. The number of benzene rings is 1. The van der Waals surface area contributed by atoms with Gasteiger partial charge in [-0.2, -0.15) is 0 Å². The number of sulfone groups is 1. The quantitative estimate of drug-likeness (QED) is 0.702. The highest BCUT2D eigenvalue weighted by atomic mass is 32.2. The van der Waals surface area contributed by atoms with Gasteiger partial charge in [-0.05, 0) is 49.8 Å². The molecule has 2 aliphatic carbocycles. The van der Waals surface area contributed by atoms with Crippen LogP contribution in [0.3, 0.4) is 0 Å². The number of piperazine rings is 1. The molecule has 6 nitrogen and oxygen atoms in total. The molecule has 1 N–H and O–H groups in total. The van der Waals surface area contributed by atoms with Crippen LogP contribution < -0.4 is 10.2 Å². The van der Waals surface area contributed by atoms with E-state index in [9.17, 15) is 13.2 Å². The Morgan fingerprint density at radius 2 is 1.76 bits per heavy atom. The van der Waals surface area contributed by atoms with Gasteiger partial charge < -0.3 is 10.2 Å². The summed E-state index contributed by atoms with van der Waals surface area (Å²) < 4.78 is 24.7. The molecule has 1 heterocycles. The minimum Gasteiger partial charge on any atom is -0.369 e. The van der Waals surface area contributed by atoms with Crippen molar-refractivity contribution >= 4 is 27.1 Å². The fourth-order valence-electron chi connectivity index (χ4n) is 4.51. The Hall–Kier alpha value is -1.60. The minimum atomic E-state index is -3.16. The second-order valence-corrected chi connectivity index (χ2v) is 11.3. The van der Waals surface area contributed by atoms with Gasteiger partial charge in [0.05, 0.1) is 11.0 Å². The van der Waals surface area contributed by atoms with Gasteiger partial charge >= 0.3 is 0 Å². The van der Waals surface area contributed by atoms with Crippen LogP contribution in [0.15, 0.2) is 24.3 Å². The zero-order valence-electron chi connectivity index (χ0n) is 17.2. The van der Waals surface area contributed by atoms with Crippen LogP contribution in [-0.2, 0) is 14.6 Å². The molecule has 160 valence electrons. The molecule has 1 aliphatic heterocycles. The fourth-order valence-corrected chi connectivity index (χ4v) is 6.36. The van der Waals surface area contributed by atoms with Gasteiger partial charge in [-0.3, -0.25) is 9.69 Å². The number of carbonyl (C=O) groups excluding carboxylic acids is 1. The van der Waals surface area contributed by atoms with Gasteiger partial charge in [0.25, 0.3) is 0 Å². The Labute approximate surface area is 174 Å². The molecule has 29 heavy (non-hydrogen) atoms. The van der Waals surface area contributed by atoms with Crippen molar-refractivity contribution in [2.75, 3.05) is 48.7 Å². The SMILES string of the molecule is O=C(CCS(=O)(=O)C1CCCC1)Nc1cccc(N2CCN(CC3CC3)CC2)c1. The Morgan fingerprint density at radius 1 is 1.03 bits per heavy atom. The molecule has 1 aromatic carbocycles. The first kappa shape index (κ1) is 20.7. The van der Waals surface area contributed by atoms with Gasteiger partial charge in [-0.15, -0.1) is 0 Å². The van der Waals surface area contributed by atoms with Crippen LogP contribution in [0.5, 0.6) is 0 Å². The molecular weight excluding hydrogens is 386 g/mol. The maximum Gasteiger partial charge on any atom is 0.225 e. The molecule has 0 bridgehead atoms. The van der Waals surface area contributed by atoms with Gasteiger partial charge in [0, 0.05) is 50.5 Å². The van der Waals surface area contributed by atoms with Crippen LogP contribution in [0.2, 0.25) is 0 Å². The average molecular weight is 420 g/mol. The molecule has 3 fully saturated rings. The lowest BCUT2D eigenvalue weighted by Crippen LogP contribution is -2.47. The molecule has 2 saturated carbocycles. The standard InChI is InChI=1S/C22H33N3O3S/c26-22(10-15-29(27,28)21-6-1-2-7-21)23-19-4-3-5-20(16-19)25-13-11-24(12-14-25)17-18-8-9-18/h3-5,16,18,21H,1-2,6-15,17H2,(H,23,26). The largest absolute Gasteiger partial charge is 0.369 e. The lowest BCUT2D eigenvalue weighted by Gasteiger charge is -2.36. The highest BCUT2D eigenvalue weighted by molar-refractivity contribution is 7.92. The monoisotopic (exact) mass is 419 g/mol. The van der Waals surface area contributed by atoms with Gasteiger partial charge in [0.15, 0.2) is 9.84 Å². The molecule has 1 aromatic rings. The molecule has 0 atom stereocenters. The summed E-state index contributed by atoms with van der Waals surface area (Å²) in [4.78, 5) is 17.2. The highest BCUT2D eigenvalue weighted by Crippen LogP contribution is 2.30. The molecule has 1 saturated heterocycles. The first-order valence-corrected chi connectivity index (χ1v) is 12.8. The van der Waals surface area contributed by atoms with Crippen LogP contribution in [0.4, 0.5) is 11.4 Å². The van der Waals surface area contributed by atoms with Crippen molar-refractivity contribution in [3.63, 3.8) is 0 Å².